The molecule has 21 heavy (non-hydrogen) atoms. The molecule has 0 radical (unpaired) electrons. The van der Waals surface area contributed by atoms with Gasteiger partial charge >= 0.3 is 0 Å². The lowest BCUT2D eigenvalue weighted by Crippen LogP contribution is -2.39. The molecule has 2 rings (SSSR count). The summed E-state index contributed by atoms with van der Waals surface area (Å²) in [5.41, 5.74) is 6.87. The van der Waals surface area contributed by atoms with E-state index in [4.69, 9.17) is 5.84 Å². The van der Waals surface area contributed by atoms with Crippen molar-refractivity contribution in [2.45, 2.75) is 52.6 Å². The van der Waals surface area contributed by atoms with Crippen LogP contribution >= 0.6 is 0 Å². The van der Waals surface area contributed by atoms with E-state index in [1.165, 1.54) is 16.7 Å². The molecule has 0 aliphatic rings. The third kappa shape index (κ3) is 4.41. The zero-order valence-corrected chi connectivity index (χ0v) is 13.3. The predicted octanol–water partition coefficient (Wildman–Crippen LogP) is 2.53. The lowest BCUT2D eigenvalue weighted by Gasteiger charge is -2.17. The van der Waals surface area contributed by atoms with Crippen molar-refractivity contribution in [3.05, 3.63) is 53.1 Å². The Kier molecular flexibility index (Phi) is 5.53. The minimum Gasteiger partial charge on any atom is -0.335 e. The lowest BCUT2D eigenvalue weighted by molar-refractivity contribution is 0.495. The van der Waals surface area contributed by atoms with Gasteiger partial charge in [0.05, 0.1) is 0 Å². The van der Waals surface area contributed by atoms with Crippen molar-refractivity contribution in [3.8, 4) is 0 Å². The number of aryl methyl sites for hydroxylation is 3. The predicted molar refractivity (Wildman–Crippen MR) is 87.0 cm³/mol. The maximum atomic E-state index is 5.75. The van der Waals surface area contributed by atoms with E-state index in [1.54, 1.807) is 0 Å². The molecule has 1 aromatic heterocycles. The van der Waals surface area contributed by atoms with E-state index in [0.29, 0.717) is 0 Å². The monoisotopic (exact) mass is 286 g/mol. The van der Waals surface area contributed by atoms with Gasteiger partial charge in [0.25, 0.3) is 0 Å². The SMILES string of the molecule is CCCn1ccnc1CC(Cc1cc(C)cc(C)c1)NN. The van der Waals surface area contributed by atoms with Gasteiger partial charge < -0.3 is 4.57 Å². The summed E-state index contributed by atoms with van der Waals surface area (Å²) in [5.74, 6) is 6.85. The molecule has 0 fully saturated rings. The summed E-state index contributed by atoms with van der Waals surface area (Å²) >= 11 is 0. The molecular weight excluding hydrogens is 260 g/mol. The van der Waals surface area contributed by atoms with Crippen molar-refractivity contribution in [1.29, 1.82) is 0 Å². The van der Waals surface area contributed by atoms with Crippen molar-refractivity contribution in [3.63, 3.8) is 0 Å². The minimum atomic E-state index is 0.198. The van der Waals surface area contributed by atoms with Gasteiger partial charge in [0.1, 0.15) is 5.82 Å². The second-order valence-corrected chi connectivity index (χ2v) is 5.80. The summed E-state index contributed by atoms with van der Waals surface area (Å²) in [7, 11) is 0. The van der Waals surface area contributed by atoms with Crippen molar-refractivity contribution in [1.82, 2.24) is 15.0 Å². The standard InChI is InChI=1S/C17H26N4/c1-4-6-21-7-5-19-17(21)12-16(20-18)11-15-9-13(2)8-14(3)10-15/h5,7-10,16,20H,4,6,11-12,18H2,1-3H3. The van der Waals surface area contributed by atoms with Crippen LogP contribution in [0.15, 0.2) is 30.6 Å². The van der Waals surface area contributed by atoms with Crippen molar-refractivity contribution >= 4 is 0 Å². The fourth-order valence-electron chi connectivity index (χ4n) is 2.86. The number of hydrogen-bond acceptors (Lipinski definition) is 3. The summed E-state index contributed by atoms with van der Waals surface area (Å²) in [4.78, 5) is 4.47. The van der Waals surface area contributed by atoms with Crippen LogP contribution in [0.2, 0.25) is 0 Å². The van der Waals surface area contributed by atoms with Gasteiger partial charge in [0, 0.05) is 31.4 Å². The van der Waals surface area contributed by atoms with Crippen LogP contribution in [-0.4, -0.2) is 15.6 Å². The Hall–Kier alpha value is -1.65. The molecule has 2 aromatic rings. The van der Waals surface area contributed by atoms with Crippen LogP contribution in [0.3, 0.4) is 0 Å². The van der Waals surface area contributed by atoms with Gasteiger partial charge in [-0.2, -0.15) is 0 Å². The van der Waals surface area contributed by atoms with Crippen LogP contribution in [0.25, 0.3) is 0 Å². The molecule has 0 amide bonds. The first-order valence-corrected chi connectivity index (χ1v) is 7.65. The molecule has 0 spiro atoms. The average molecular weight is 286 g/mol. The summed E-state index contributed by atoms with van der Waals surface area (Å²) in [6, 6.07) is 6.86. The van der Waals surface area contributed by atoms with E-state index in [9.17, 15) is 0 Å². The highest BCUT2D eigenvalue weighted by Crippen LogP contribution is 2.13. The first-order valence-electron chi connectivity index (χ1n) is 7.65. The Balaban J connectivity index is 2.07. The highest BCUT2D eigenvalue weighted by atomic mass is 15.2. The first-order chi connectivity index (χ1) is 10.1. The number of nitrogens with two attached hydrogens (primary N) is 1. The number of rotatable bonds is 7. The zero-order chi connectivity index (χ0) is 15.2. The molecule has 0 aliphatic carbocycles. The second kappa shape index (κ2) is 7.38. The van der Waals surface area contributed by atoms with Gasteiger partial charge in [-0.05, 0) is 32.3 Å². The molecule has 1 atom stereocenters. The van der Waals surface area contributed by atoms with Crippen LogP contribution in [-0.2, 0) is 19.4 Å². The van der Waals surface area contributed by atoms with E-state index in [1.807, 2.05) is 12.4 Å². The van der Waals surface area contributed by atoms with Crippen LogP contribution < -0.4 is 11.3 Å². The third-order valence-electron chi connectivity index (χ3n) is 3.69. The van der Waals surface area contributed by atoms with E-state index in [2.05, 4.69) is 53.9 Å². The molecule has 4 nitrogen and oxygen atoms in total. The summed E-state index contributed by atoms with van der Waals surface area (Å²) in [6.45, 7) is 7.46. The Bertz CT molecular complexity index is 554. The largest absolute Gasteiger partial charge is 0.335 e. The molecule has 0 saturated heterocycles. The van der Waals surface area contributed by atoms with Gasteiger partial charge in [-0.25, -0.2) is 4.98 Å². The van der Waals surface area contributed by atoms with Gasteiger partial charge in [-0.15, -0.1) is 0 Å². The van der Waals surface area contributed by atoms with Crippen molar-refractivity contribution < 1.29 is 0 Å². The molecule has 1 heterocycles. The highest BCUT2D eigenvalue weighted by molar-refractivity contribution is 5.29. The van der Waals surface area contributed by atoms with Crippen LogP contribution in [0, 0.1) is 13.8 Å². The molecule has 4 heteroatoms. The first kappa shape index (κ1) is 15.7. The van der Waals surface area contributed by atoms with E-state index < -0.39 is 0 Å². The topological polar surface area (TPSA) is 55.9 Å². The normalized spacial score (nSPS) is 12.6. The minimum absolute atomic E-state index is 0.198. The molecule has 1 aromatic carbocycles. The number of hydrazine groups is 1. The van der Waals surface area contributed by atoms with Crippen LogP contribution in [0.4, 0.5) is 0 Å². The summed E-state index contributed by atoms with van der Waals surface area (Å²) in [6.07, 6.45) is 6.79. The smallest absolute Gasteiger partial charge is 0.110 e. The fraction of sp³-hybridized carbons (Fsp3) is 0.471. The maximum absolute atomic E-state index is 5.75. The molecular formula is C17H26N4. The Morgan fingerprint density at radius 3 is 2.52 bits per heavy atom. The molecule has 0 bridgehead atoms. The number of hydrogen-bond donors (Lipinski definition) is 2. The van der Waals surface area contributed by atoms with Gasteiger partial charge in [-0.1, -0.05) is 36.2 Å². The lowest BCUT2D eigenvalue weighted by atomic mass is 9.99. The quantitative estimate of drug-likeness (QED) is 0.607. The Labute approximate surface area is 127 Å². The Morgan fingerprint density at radius 2 is 1.90 bits per heavy atom. The number of imidazole rings is 1. The van der Waals surface area contributed by atoms with Gasteiger partial charge in [0.15, 0.2) is 0 Å². The van der Waals surface area contributed by atoms with Gasteiger partial charge in [-0.3, -0.25) is 11.3 Å². The number of nitrogens with zero attached hydrogens (tertiary/aromatic N) is 2. The Morgan fingerprint density at radius 1 is 1.19 bits per heavy atom. The summed E-state index contributed by atoms with van der Waals surface area (Å²) < 4.78 is 2.21. The molecule has 1 unspecified atom stereocenters. The van der Waals surface area contributed by atoms with Crippen molar-refractivity contribution in [2.24, 2.45) is 5.84 Å². The maximum Gasteiger partial charge on any atom is 0.110 e. The zero-order valence-electron chi connectivity index (χ0n) is 13.3. The molecule has 0 aliphatic heterocycles. The number of aromatic nitrogens is 2. The van der Waals surface area contributed by atoms with E-state index in [0.717, 1.165) is 31.6 Å². The van der Waals surface area contributed by atoms with E-state index in [-0.39, 0.29) is 6.04 Å². The van der Waals surface area contributed by atoms with Gasteiger partial charge in [0.2, 0.25) is 0 Å². The average Bonchev–Trinajstić information content (AvgIpc) is 2.84. The van der Waals surface area contributed by atoms with Crippen LogP contribution in [0.1, 0.15) is 35.9 Å². The number of nitrogens with one attached hydrogen (secondary N) is 1. The highest BCUT2D eigenvalue weighted by Gasteiger charge is 2.13. The third-order valence-corrected chi connectivity index (χ3v) is 3.69. The molecule has 114 valence electrons. The molecule has 0 saturated carbocycles. The van der Waals surface area contributed by atoms with Crippen molar-refractivity contribution in [2.75, 3.05) is 0 Å². The molecule has 3 N–H and O–H groups in total. The number of benzene rings is 1. The fourth-order valence-corrected chi connectivity index (χ4v) is 2.86. The second-order valence-electron chi connectivity index (χ2n) is 5.80. The van der Waals surface area contributed by atoms with E-state index >= 15 is 0 Å². The van der Waals surface area contributed by atoms with Crippen LogP contribution in [0.5, 0.6) is 0 Å². The summed E-state index contributed by atoms with van der Waals surface area (Å²) in [5, 5.41) is 0.